The van der Waals surface area contributed by atoms with Crippen molar-refractivity contribution in [1.29, 1.82) is 0 Å². The van der Waals surface area contributed by atoms with E-state index >= 15 is 0 Å². The molecule has 1 aromatic carbocycles. The zero-order chi connectivity index (χ0) is 14.0. The maximum atomic E-state index is 6.20. The smallest absolute Gasteiger partial charge is 0.225 e. The maximum Gasteiger partial charge on any atom is 0.225 e. The highest BCUT2D eigenvalue weighted by Gasteiger charge is 2.10. The fourth-order valence-corrected chi connectivity index (χ4v) is 2.13. The molecule has 108 valence electrons. The van der Waals surface area contributed by atoms with Crippen LogP contribution >= 0.6 is 35.6 Å². The Balaban J connectivity index is 0.00000200. The predicted molar refractivity (Wildman–Crippen MR) is 87.0 cm³/mol. The predicted octanol–water partition coefficient (Wildman–Crippen LogP) is 3.40. The molecule has 0 unspecified atom stereocenters. The van der Waals surface area contributed by atoms with E-state index in [9.17, 15) is 0 Å². The molecule has 0 amide bonds. The molecule has 0 saturated carbocycles. The van der Waals surface area contributed by atoms with E-state index in [-0.39, 0.29) is 12.4 Å². The second-order valence-corrected chi connectivity index (χ2v) is 5.11. The van der Waals surface area contributed by atoms with E-state index in [0.717, 1.165) is 17.0 Å². The SMILES string of the molecule is CN(C)c1nc(CN)cc(-c2ccc(Cl)cc2Cl)n1.Cl. The van der Waals surface area contributed by atoms with Gasteiger partial charge in [0.05, 0.1) is 16.4 Å². The molecular formula is C13H15Cl3N4. The van der Waals surface area contributed by atoms with Crippen molar-refractivity contribution in [2.45, 2.75) is 6.54 Å². The van der Waals surface area contributed by atoms with Crippen LogP contribution < -0.4 is 10.6 Å². The number of nitrogens with zero attached hydrogens (tertiary/aromatic N) is 3. The van der Waals surface area contributed by atoms with Crippen LogP contribution in [0.25, 0.3) is 11.3 Å². The average Bonchev–Trinajstić information content (AvgIpc) is 2.38. The van der Waals surface area contributed by atoms with E-state index in [1.807, 2.05) is 31.1 Å². The summed E-state index contributed by atoms with van der Waals surface area (Å²) in [7, 11) is 3.76. The van der Waals surface area contributed by atoms with E-state index in [0.29, 0.717) is 22.5 Å². The van der Waals surface area contributed by atoms with Crippen LogP contribution in [0.3, 0.4) is 0 Å². The molecule has 1 aromatic heterocycles. The molecule has 7 heteroatoms. The number of hydrogen-bond acceptors (Lipinski definition) is 4. The zero-order valence-electron chi connectivity index (χ0n) is 11.1. The molecule has 0 atom stereocenters. The van der Waals surface area contributed by atoms with Crippen LogP contribution in [0.15, 0.2) is 24.3 Å². The molecule has 0 fully saturated rings. The van der Waals surface area contributed by atoms with Gasteiger partial charge in [-0.25, -0.2) is 9.97 Å². The van der Waals surface area contributed by atoms with Crippen molar-refractivity contribution in [1.82, 2.24) is 9.97 Å². The second kappa shape index (κ2) is 7.09. The minimum atomic E-state index is 0. The Hall–Kier alpha value is -1.07. The molecule has 1 heterocycles. The summed E-state index contributed by atoms with van der Waals surface area (Å²) in [5.41, 5.74) is 7.98. The summed E-state index contributed by atoms with van der Waals surface area (Å²) in [5.74, 6) is 0.601. The number of rotatable bonds is 3. The highest BCUT2D eigenvalue weighted by molar-refractivity contribution is 6.36. The van der Waals surface area contributed by atoms with Crippen molar-refractivity contribution in [3.8, 4) is 11.3 Å². The molecule has 20 heavy (non-hydrogen) atoms. The third kappa shape index (κ3) is 3.73. The molecule has 0 radical (unpaired) electrons. The molecule has 4 nitrogen and oxygen atoms in total. The minimum absolute atomic E-state index is 0. The Morgan fingerprint density at radius 1 is 1.15 bits per heavy atom. The summed E-state index contributed by atoms with van der Waals surface area (Å²) < 4.78 is 0. The first-order valence-corrected chi connectivity index (χ1v) is 6.47. The molecule has 2 N–H and O–H groups in total. The van der Waals surface area contributed by atoms with Crippen LogP contribution in [0.4, 0.5) is 5.95 Å². The van der Waals surface area contributed by atoms with Gasteiger partial charge < -0.3 is 10.6 Å². The number of benzene rings is 1. The van der Waals surface area contributed by atoms with Crippen molar-refractivity contribution in [3.05, 3.63) is 40.0 Å². The normalized spacial score (nSPS) is 10.1. The van der Waals surface area contributed by atoms with E-state index in [1.165, 1.54) is 0 Å². The van der Waals surface area contributed by atoms with Gasteiger partial charge in [0.1, 0.15) is 0 Å². The number of aromatic nitrogens is 2. The molecule has 0 saturated heterocycles. The van der Waals surface area contributed by atoms with Crippen molar-refractivity contribution in [3.63, 3.8) is 0 Å². The summed E-state index contributed by atoms with van der Waals surface area (Å²) in [6.45, 7) is 0.349. The third-order valence-electron chi connectivity index (χ3n) is 2.58. The quantitative estimate of drug-likeness (QED) is 0.935. The monoisotopic (exact) mass is 332 g/mol. The summed E-state index contributed by atoms with van der Waals surface area (Å²) in [5, 5.41) is 1.15. The van der Waals surface area contributed by atoms with E-state index in [1.54, 1.807) is 12.1 Å². The van der Waals surface area contributed by atoms with Gasteiger partial charge in [0.2, 0.25) is 5.95 Å². The van der Waals surface area contributed by atoms with Crippen LogP contribution in [0.2, 0.25) is 10.0 Å². The van der Waals surface area contributed by atoms with Gasteiger partial charge >= 0.3 is 0 Å². The lowest BCUT2D eigenvalue weighted by Crippen LogP contribution is -2.15. The zero-order valence-corrected chi connectivity index (χ0v) is 13.4. The molecule has 0 aliphatic carbocycles. The first kappa shape index (κ1) is 17.0. The van der Waals surface area contributed by atoms with Gasteiger partial charge in [-0.05, 0) is 24.3 Å². The lowest BCUT2D eigenvalue weighted by molar-refractivity contribution is 0.925. The van der Waals surface area contributed by atoms with E-state index in [2.05, 4.69) is 9.97 Å². The molecule has 0 aliphatic rings. The fraction of sp³-hybridized carbons (Fsp3) is 0.231. The van der Waals surface area contributed by atoms with Gasteiger partial charge in [0.15, 0.2) is 0 Å². The summed E-state index contributed by atoms with van der Waals surface area (Å²) in [6, 6.07) is 7.15. The molecule has 0 spiro atoms. The van der Waals surface area contributed by atoms with Crippen molar-refractivity contribution in [2.75, 3.05) is 19.0 Å². The van der Waals surface area contributed by atoms with Gasteiger partial charge in [0.25, 0.3) is 0 Å². The first-order chi connectivity index (χ1) is 9.01. The summed E-state index contributed by atoms with van der Waals surface area (Å²) in [4.78, 5) is 10.6. The van der Waals surface area contributed by atoms with Crippen molar-refractivity contribution >= 4 is 41.6 Å². The lowest BCUT2D eigenvalue weighted by atomic mass is 10.1. The standard InChI is InChI=1S/C13H14Cl2N4.ClH/c1-19(2)13-17-9(7-16)6-12(18-13)10-4-3-8(14)5-11(10)15;/h3-6H,7,16H2,1-2H3;1H. The third-order valence-corrected chi connectivity index (χ3v) is 3.13. The number of hydrogen-bond donors (Lipinski definition) is 1. The Bertz CT molecular complexity index is 602. The number of anilines is 1. The fourth-order valence-electron chi connectivity index (χ4n) is 1.62. The lowest BCUT2D eigenvalue weighted by Gasteiger charge is -2.13. The topological polar surface area (TPSA) is 55.0 Å². The van der Waals surface area contributed by atoms with Gasteiger partial charge in [-0.2, -0.15) is 0 Å². The Kier molecular flexibility index (Phi) is 6.02. The molecule has 2 rings (SSSR count). The van der Waals surface area contributed by atoms with E-state index < -0.39 is 0 Å². The van der Waals surface area contributed by atoms with Crippen molar-refractivity contribution < 1.29 is 0 Å². The Morgan fingerprint density at radius 2 is 1.85 bits per heavy atom. The molecular weight excluding hydrogens is 319 g/mol. The first-order valence-electron chi connectivity index (χ1n) is 5.72. The largest absolute Gasteiger partial charge is 0.347 e. The van der Waals surface area contributed by atoms with Crippen LogP contribution in [-0.2, 0) is 6.54 Å². The van der Waals surface area contributed by atoms with Crippen LogP contribution in [0, 0.1) is 0 Å². The van der Waals surface area contributed by atoms with Gasteiger partial charge in [-0.3, -0.25) is 0 Å². The summed E-state index contributed by atoms with van der Waals surface area (Å²) in [6.07, 6.45) is 0. The highest BCUT2D eigenvalue weighted by Crippen LogP contribution is 2.30. The van der Waals surface area contributed by atoms with Gasteiger partial charge in [0, 0.05) is 31.2 Å². The maximum absolute atomic E-state index is 6.20. The Morgan fingerprint density at radius 3 is 2.40 bits per heavy atom. The Labute approximate surface area is 134 Å². The van der Waals surface area contributed by atoms with E-state index in [4.69, 9.17) is 28.9 Å². The van der Waals surface area contributed by atoms with Gasteiger partial charge in [-0.1, -0.05) is 23.2 Å². The van der Waals surface area contributed by atoms with Gasteiger partial charge in [-0.15, -0.1) is 12.4 Å². The van der Waals surface area contributed by atoms with Crippen LogP contribution in [0.5, 0.6) is 0 Å². The number of halogens is 3. The average molecular weight is 334 g/mol. The highest BCUT2D eigenvalue weighted by atomic mass is 35.5. The molecule has 0 aliphatic heterocycles. The minimum Gasteiger partial charge on any atom is -0.347 e. The second-order valence-electron chi connectivity index (χ2n) is 4.27. The molecule has 2 aromatic rings. The summed E-state index contributed by atoms with van der Waals surface area (Å²) >= 11 is 12.1. The van der Waals surface area contributed by atoms with Crippen LogP contribution in [-0.4, -0.2) is 24.1 Å². The van der Waals surface area contributed by atoms with Crippen molar-refractivity contribution in [2.24, 2.45) is 5.73 Å². The van der Waals surface area contributed by atoms with Crippen LogP contribution in [0.1, 0.15) is 5.69 Å². The molecule has 0 bridgehead atoms. The number of nitrogens with two attached hydrogens (primary N) is 1.